The van der Waals surface area contributed by atoms with Gasteiger partial charge in [-0.05, 0) is 29.7 Å². The van der Waals surface area contributed by atoms with Gasteiger partial charge >= 0.3 is 0 Å². The van der Waals surface area contributed by atoms with Crippen molar-refractivity contribution in [3.63, 3.8) is 0 Å². The summed E-state index contributed by atoms with van der Waals surface area (Å²) >= 11 is 0. The minimum Gasteiger partial charge on any atom is -0.493 e. The molecule has 0 radical (unpaired) electrons. The van der Waals surface area contributed by atoms with Crippen molar-refractivity contribution in [2.75, 3.05) is 34.4 Å². The van der Waals surface area contributed by atoms with Gasteiger partial charge in [0.15, 0.2) is 11.5 Å². The summed E-state index contributed by atoms with van der Waals surface area (Å²) in [6.45, 7) is 1.23. The Morgan fingerprint density at radius 2 is 1.65 bits per heavy atom. The molecule has 3 rings (SSSR count). The Morgan fingerprint density at radius 3 is 2.23 bits per heavy atom. The highest BCUT2D eigenvalue weighted by atomic mass is 16.5. The lowest BCUT2D eigenvalue weighted by Gasteiger charge is -2.27. The number of nitrogens with zero attached hydrogens (tertiary/aromatic N) is 1. The van der Waals surface area contributed by atoms with Crippen molar-refractivity contribution in [2.45, 2.75) is 6.42 Å². The minimum atomic E-state index is -0.0776. The van der Waals surface area contributed by atoms with Gasteiger partial charge in [0.2, 0.25) is 5.75 Å². The largest absolute Gasteiger partial charge is 0.493 e. The molecule has 1 heterocycles. The molecule has 2 aromatic carbocycles. The molecule has 26 heavy (non-hydrogen) atoms. The molecule has 0 atom stereocenters. The fourth-order valence-corrected chi connectivity index (χ4v) is 3.21. The zero-order chi connectivity index (χ0) is 18.5. The number of hydrogen-bond acceptors (Lipinski definition) is 4. The maximum atomic E-state index is 13.0. The van der Waals surface area contributed by atoms with Crippen molar-refractivity contribution < 1.29 is 19.0 Å². The van der Waals surface area contributed by atoms with Crippen LogP contribution in [0.15, 0.2) is 48.5 Å². The van der Waals surface area contributed by atoms with Gasteiger partial charge in [-0.25, -0.2) is 0 Å². The molecule has 0 aromatic heterocycles. The van der Waals surface area contributed by atoms with Crippen LogP contribution in [0.2, 0.25) is 0 Å². The lowest BCUT2D eigenvalue weighted by Crippen LogP contribution is -2.34. The first kappa shape index (κ1) is 17.9. The van der Waals surface area contributed by atoms with E-state index in [1.807, 2.05) is 23.1 Å². The summed E-state index contributed by atoms with van der Waals surface area (Å²) < 4.78 is 16.1. The topological polar surface area (TPSA) is 48.0 Å². The van der Waals surface area contributed by atoms with Crippen molar-refractivity contribution in [1.29, 1.82) is 0 Å². The summed E-state index contributed by atoms with van der Waals surface area (Å²) in [4.78, 5) is 14.8. The van der Waals surface area contributed by atoms with Gasteiger partial charge in [-0.1, -0.05) is 36.4 Å². The summed E-state index contributed by atoms with van der Waals surface area (Å²) in [5, 5.41) is 0. The number of hydrogen-bond donors (Lipinski definition) is 0. The SMILES string of the molecule is COc1ccc(C(=O)N2CC=C(c3ccccc3)CC2)c(OC)c1OC. The van der Waals surface area contributed by atoms with Crippen LogP contribution in [0, 0.1) is 0 Å². The zero-order valence-electron chi connectivity index (χ0n) is 15.3. The molecule has 0 N–H and O–H groups in total. The Hall–Kier alpha value is -2.95. The van der Waals surface area contributed by atoms with E-state index in [1.165, 1.54) is 25.4 Å². The van der Waals surface area contributed by atoms with Crippen LogP contribution in [0.1, 0.15) is 22.3 Å². The molecule has 0 aliphatic carbocycles. The molecule has 0 saturated heterocycles. The number of methoxy groups -OCH3 is 3. The van der Waals surface area contributed by atoms with Crippen molar-refractivity contribution in [3.8, 4) is 17.2 Å². The summed E-state index contributed by atoms with van der Waals surface area (Å²) in [6.07, 6.45) is 2.94. The van der Waals surface area contributed by atoms with E-state index in [2.05, 4.69) is 18.2 Å². The molecule has 0 spiro atoms. The van der Waals surface area contributed by atoms with Crippen LogP contribution in [0.4, 0.5) is 0 Å². The molecule has 0 fully saturated rings. The van der Waals surface area contributed by atoms with Crippen LogP contribution in [0.25, 0.3) is 5.57 Å². The van der Waals surface area contributed by atoms with Gasteiger partial charge in [0.05, 0.1) is 26.9 Å². The summed E-state index contributed by atoms with van der Waals surface area (Å²) in [5.74, 6) is 1.28. The lowest BCUT2D eigenvalue weighted by atomic mass is 9.99. The van der Waals surface area contributed by atoms with Gasteiger partial charge in [-0.2, -0.15) is 0 Å². The highest BCUT2D eigenvalue weighted by Gasteiger charge is 2.25. The summed E-state index contributed by atoms with van der Waals surface area (Å²) in [7, 11) is 4.61. The maximum absolute atomic E-state index is 13.0. The standard InChI is InChI=1S/C21H23NO4/c1-24-18-10-9-17(19(25-2)20(18)26-3)21(23)22-13-11-16(12-14-22)15-7-5-4-6-8-15/h4-11H,12-14H2,1-3H3. The number of benzene rings is 2. The Kier molecular flexibility index (Phi) is 5.46. The average molecular weight is 353 g/mol. The summed E-state index contributed by atoms with van der Waals surface area (Å²) in [5.41, 5.74) is 2.96. The Morgan fingerprint density at radius 1 is 0.923 bits per heavy atom. The van der Waals surface area contributed by atoms with E-state index in [0.717, 1.165) is 6.42 Å². The van der Waals surface area contributed by atoms with E-state index in [0.29, 0.717) is 35.9 Å². The van der Waals surface area contributed by atoms with Crippen LogP contribution in [0.5, 0.6) is 17.2 Å². The van der Waals surface area contributed by atoms with E-state index in [1.54, 1.807) is 19.2 Å². The van der Waals surface area contributed by atoms with Gasteiger partial charge in [-0.3, -0.25) is 4.79 Å². The lowest BCUT2D eigenvalue weighted by molar-refractivity contribution is 0.0768. The Balaban J connectivity index is 1.84. The van der Waals surface area contributed by atoms with Crippen LogP contribution in [0.3, 0.4) is 0 Å². The Labute approximate surface area is 153 Å². The molecule has 1 aliphatic heterocycles. The van der Waals surface area contributed by atoms with Gasteiger partial charge in [-0.15, -0.1) is 0 Å². The van der Waals surface area contributed by atoms with Gasteiger partial charge < -0.3 is 19.1 Å². The second-order valence-corrected chi connectivity index (χ2v) is 5.98. The van der Waals surface area contributed by atoms with E-state index < -0.39 is 0 Å². The fraction of sp³-hybridized carbons (Fsp3) is 0.286. The quantitative estimate of drug-likeness (QED) is 0.823. The molecular formula is C21H23NO4. The van der Waals surface area contributed by atoms with Crippen LogP contribution in [-0.4, -0.2) is 45.2 Å². The molecule has 5 heteroatoms. The minimum absolute atomic E-state index is 0.0776. The van der Waals surface area contributed by atoms with Crippen LogP contribution >= 0.6 is 0 Å². The van der Waals surface area contributed by atoms with E-state index in [-0.39, 0.29) is 5.91 Å². The molecular weight excluding hydrogens is 330 g/mol. The van der Waals surface area contributed by atoms with E-state index in [9.17, 15) is 4.79 Å². The number of rotatable bonds is 5. The highest BCUT2D eigenvalue weighted by molar-refractivity contribution is 5.98. The normalized spacial score (nSPS) is 13.8. The number of carbonyl (C=O) groups excluding carboxylic acids is 1. The molecule has 0 saturated carbocycles. The molecule has 1 amide bonds. The molecule has 2 aromatic rings. The van der Waals surface area contributed by atoms with E-state index in [4.69, 9.17) is 14.2 Å². The number of ether oxygens (including phenoxy) is 3. The molecule has 1 aliphatic rings. The third-order valence-corrected chi connectivity index (χ3v) is 4.58. The monoisotopic (exact) mass is 353 g/mol. The molecule has 0 bridgehead atoms. The van der Waals surface area contributed by atoms with Crippen LogP contribution in [-0.2, 0) is 0 Å². The second-order valence-electron chi connectivity index (χ2n) is 5.98. The predicted octanol–water partition coefficient (Wildman–Crippen LogP) is 3.64. The fourth-order valence-electron chi connectivity index (χ4n) is 3.21. The first-order valence-electron chi connectivity index (χ1n) is 8.52. The van der Waals surface area contributed by atoms with Crippen molar-refractivity contribution in [2.24, 2.45) is 0 Å². The average Bonchev–Trinajstić information content (AvgIpc) is 2.72. The number of amides is 1. The second kappa shape index (κ2) is 7.95. The van der Waals surface area contributed by atoms with Crippen molar-refractivity contribution >= 4 is 11.5 Å². The maximum Gasteiger partial charge on any atom is 0.258 e. The molecule has 136 valence electrons. The highest BCUT2D eigenvalue weighted by Crippen LogP contribution is 2.40. The van der Waals surface area contributed by atoms with Crippen LogP contribution < -0.4 is 14.2 Å². The third-order valence-electron chi connectivity index (χ3n) is 4.58. The van der Waals surface area contributed by atoms with Crippen molar-refractivity contribution in [3.05, 3.63) is 59.7 Å². The van der Waals surface area contributed by atoms with E-state index >= 15 is 0 Å². The van der Waals surface area contributed by atoms with Gasteiger partial charge in [0, 0.05) is 13.1 Å². The molecule has 5 nitrogen and oxygen atoms in total. The van der Waals surface area contributed by atoms with Gasteiger partial charge in [0.1, 0.15) is 0 Å². The Bertz CT molecular complexity index is 814. The number of carbonyl (C=O) groups is 1. The zero-order valence-corrected chi connectivity index (χ0v) is 15.3. The smallest absolute Gasteiger partial charge is 0.258 e. The third kappa shape index (κ3) is 3.38. The summed E-state index contributed by atoms with van der Waals surface area (Å²) in [6, 6.07) is 13.7. The first-order chi connectivity index (χ1) is 12.7. The molecule has 0 unspecified atom stereocenters. The predicted molar refractivity (Wildman–Crippen MR) is 101 cm³/mol. The van der Waals surface area contributed by atoms with Gasteiger partial charge in [0.25, 0.3) is 5.91 Å². The van der Waals surface area contributed by atoms with Crippen molar-refractivity contribution in [1.82, 2.24) is 4.90 Å². The first-order valence-corrected chi connectivity index (χ1v) is 8.52.